The molecule has 0 bridgehead atoms. The predicted octanol–water partition coefficient (Wildman–Crippen LogP) is 4.22. The van der Waals surface area contributed by atoms with Gasteiger partial charge in [-0.1, -0.05) is 55.8 Å². The van der Waals surface area contributed by atoms with Crippen LogP contribution in [0.25, 0.3) is 0 Å². The molecule has 2 atom stereocenters. The second-order valence-electron chi connectivity index (χ2n) is 7.65. The molecule has 0 fully saturated rings. The Hall–Kier alpha value is -2.66. The molecule has 0 heterocycles. The summed E-state index contributed by atoms with van der Waals surface area (Å²) in [6, 6.07) is 15.4. The molecule has 29 heavy (non-hydrogen) atoms. The highest BCUT2D eigenvalue weighted by atomic mass is 16.2. The van der Waals surface area contributed by atoms with Gasteiger partial charge in [0.1, 0.15) is 0 Å². The lowest BCUT2D eigenvalue weighted by Crippen LogP contribution is -2.46. The fourth-order valence-corrected chi connectivity index (χ4v) is 3.23. The summed E-state index contributed by atoms with van der Waals surface area (Å²) in [7, 11) is 1.80. The van der Waals surface area contributed by atoms with Crippen molar-refractivity contribution in [2.45, 2.75) is 52.6 Å². The minimum absolute atomic E-state index is 0.0201. The topological polar surface area (TPSA) is 61.4 Å². The van der Waals surface area contributed by atoms with Crippen LogP contribution in [0.1, 0.15) is 49.4 Å². The molecule has 5 nitrogen and oxygen atoms in total. The molecule has 0 saturated heterocycles. The van der Waals surface area contributed by atoms with Crippen LogP contribution < -0.4 is 10.6 Å². The highest BCUT2D eigenvalue weighted by molar-refractivity contribution is 5.93. The molecule has 0 unspecified atom stereocenters. The average molecular weight is 396 g/mol. The molecule has 2 rings (SSSR count). The van der Waals surface area contributed by atoms with Gasteiger partial charge >= 0.3 is 0 Å². The van der Waals surface area contributed by atoms with Crippen LogP contribution in [0, 0.1) is 13.8 Å². The Labute approximate surface area is 174 Å². The molecule has 0 aromatic heterocycles. The number of nitrogens with one attached hydrogen (secondary N) is 2. The lowest BCUT2D eigenvalue weighted by atomic mass is 10.0. The molecule has 0 saturated carbocycles. The Morgan fingerprint density at radius 3 is 2.38 bits per heavy atom. The molecule has 2 N–H and O–H groups in total. The van der Waals surface area contributed by atoms with Crippen molar-refractivity contribution in [2.75, 3.05) is 18.9 Å². The third kappa shape index (κ3) is 6.43. The van der Waals surface area contributed by atoms with E-state index in [-0.39, 0.29) is 24.4 Å². The largest absolute Gasteiger partial charge is 0.348 e. The van der Waals surface area contributed by atoms with Crippen LogP contribution in [0.3, 0.4) is 0 Å². The highest BCUT2D eigenvalue weighted by Crippen LogP contribution is 2.19. The summed E-state index contributed by atoms with van der Waals surface area (Å²) in [5, 5.41) is 6.09. The quantitative estimate of drug-likeness (QED) is 0.668. The van der Waals surface area contributed by atoms with Crippen molar-refractivity contribution in [2.24, 2.45) is 0 Å². The van der Waals surface area contributed by atoms with Crippen molar-refractivity contribution < 1.29 is 9.59 Å². The zero-order chi connectivity index (χ0) is 21.4. The van der Waals surface area contributed by atoms with Gasteiger partial charge < -0.3 is 10.6 Å². The van der Waals surface area contributed by atoms with Gasteiger partial charge in [-0.3, -0.25) is 14.5 Å². The summed E-state index contributed by atoms with van der Waals surface area (Å²) in [5.74, 6) is -0.205. The summed E-state index contributed by atoms with van der Waals surface area (Å²) < 4.78 is 0. The summed E-state index contributed by atoms with van der Waals surface area (Å²) in [4.78, 5) is 27.0. The maximum atomic E-state index is 12.8. The lowest BCUT2D eigenvalue weighted by Gasteiger charge is -2.26. The zero-order valence-corrected chi connectivity index (χ0v) is 18.2. The molecule has 2 aromatic rings. The Kier molecular flexibility index (Phi) is 8.40. The zero-order valence-electron chi connectivity index (χ0n) is 18.2. The Morgan fingerprint density at radius 2 is 1.72 bits per heavy atom. The molecular weight excluding hydrogens is 362 g/mol. The smallest absolute Gasteiger partial charge is 0.238 e. The molecule has 0 radical (unpaired) electrons. The third-order valence-corrected chi connectivity index (χ3v) is 5.41. The van der Waals surface area contributed by atoms with E-state index >= 15 is 0 Å². The third-order valence-electron chi connectivity index (χ3n) is 5.41. The molecule has 156 valence electrons. The number of likely N-dealkylation sites (N-methyl/N-ethyl adjacent to an activating group) is 1. The van der Waals surface area contributed by atoms with E-state index in [4.69, 9.17) is 0 Å². The fourth-order valence-electron chi connectivity index (χ4n) is 3.23. The van der Waals surface area contributed by atoms with Crippen LogP contribution in [-0.4, -0.2) is 36.3 Å². The minimum atomic E-state index is -0.414. The van der Waals surface area contributed by atoms with Crippen molar-refractivity contribution in [3.8, 4) is 0 Å². The Morgan fingerprint density at radius 1 is 1.03 bits per heavy atom. The van der Waals surface area contributed by atoms with Crippen molar-refractivity contribution in [1.82, 2.24) is 10.2 Å². The molecule has 0 aliphatic heterocycles. The number of carbonyl (C=O) groups is 2. The van der Waals surface area contributed by atoms with Crippen LogP contribution in [0.15, 0.2) is 48.5 Å². The van der Waals surface area contributed by atoms with Crippen LogP contribution in [0.2, 0.25) is 0 Å². The molecule has 5 heteroatoms. The second-order valence-corrected chi connectivity index (χ2v) is 7.65. The number of aryl methyl sites for hydroxylation is 1. The van der Waals surface area contributed by atoms with Crippen LogP contribution in [-0.2, 0) is 9.59 Å². The first kappa shape index (κ1) is 22.6. The molecular formula is C24H33N3O2. The van der Waals surface area contributed by atoms with Gasteiger partial charge in [-0.05, 0) is 57.0 Å². The number of hydrogen-bond acceptors (Lipinski definition) is 3. The van der Waals surface area contributed by atoms with E-state index in [1.807, 2.05) is 69.3 Å². The Bertz CT molecular complexity index is 820. The summed E-state index contributed by atoms with van der Waals surface area (Å²) >= 11 is 0. The first-order chi connectivity index (χ1) is 13.8. The molecule has 2 aromatic carbocycles. The standard InChI is InChI=1S/C24H33N3O2/c1-6-11-22(20-13-8-7-9-14-20)26-24(29)19(4)27(5)16-23(28)25-21-15-10-12-17(2)18(21)3/h7-10,12-15,19,22H,6,11,16H2,1-5H3,(H,25,28)(H,26,29)/t19-,22+/m1/s1. The summed E-state index contributed by atoms with van der Waals surface area (Å²) in [6.45, 7) is 8.08. The van der Waals surface area contributed by atoms with Gasteiger partial charge in [0.2, 0.25) is 11.8 Å². The molecule has 0 aliphatic rings. The van der Waals surface area contributed by atoms with Crippen molar-refractivity contribution in [1.29, 1.82) is 0 Å². The van der Waals surface area contributed by atoms with E-state index < -0.39 is 6.04 Å². The lowest BCUT2D eigenvalue weighted by molar-refractivity contribution is -0.127. The van der Waals surface area contributed by atoms with Crippen LogP contribution in [0.5, 0.6) is 0 Å². The van der Waals surface area contributed by atoms with Crippen molar-refractivity contribution in [3.05, 3.63) is 65.2 Å². The first-order valence-electron chi connectivity index (χ1n) is 10.2. The molecule has 0 spiro atoms. The number of anilines is 1. The maximum absolute atomic E-state index is 12.8. The SMILES string of the molecule is CCC[C@H](NC(=O)[C@@H](C)N(C)CC(=O)Nc1cccc(C)c1C)c1ccccc1. The van der Waals surface area contributed by atoms with Gasteiger partial charge in [-0.2, -0.15) is 0 Å². The van der Waals surface area contributed by atoms with Gasteiger partial charge in [0.15, 0.2) is 0 Å². The van der Waals surface area contributed by atoms with Gasteiger partial charge in [0, 0.05) is 5.69 Å². The van der Waals surface area contributed by atoms with Gasteiger partial charge in [0.05, 0.1) is 18.6 Å². The number of rotatable bonds is 9. The number of benzene rings is 2. The first-order valence-corrected chi connectivity index (χ1v) is 10.2. The van der Waals surface area contributed by atoms with Gasteiger partial charge in [-0.15, -0.1) is 0 Å². The summed E-state index contributed by atoms with van der Waals surface area (Å²) in [6.07, 6.45) is 1.85. The van der Waals surface area contributed by atoms with Crippen molar-refractivity contribution in [3.63, 3.8) is 0 Å². The number of carbonyl (C=O) groups excluding carboxylic acids is 2. The highest BCUT2D eigenvalue weighted by Gasteiger charge is 2.23. The van der Waals surface area contributed by atoms with Crippen LogP contribution >= 0.6 is 0 Å². The van der Waals surface area contributed by atoms with Crippen LogP contribution in [0.4, 0.5) is 5.69 Å². The van der Waals surface area contributed by atoms with E-state index in [0.717, 1.165) is 35.2 Å². The minimum Gasteiger partial charge on any atom is -0.348 e. The van der Waals surface area contributed by atoms with E-state index in [2.05, 4.69) is 17.6 Å². The number of hydrogen-bond donors (Lipinski definition) is 2. The Balaban J connectivity index is 1.95. The average Bonchev–Trinajstić information content (AvgIpc) is 2.71. The number of nitrogens with zero attached hydrogens (tertiary/aromatic N) is 1. The van der Waals surface area contributed by atoms with E-state index in [1.54, 1.807) is 11.9 Å². The predicted molar refractivity (Wildman–Crippen MR) is 119 cm³/mol. The van der Waals surface area contributed by atoms with Gasteiger partial charge in [0.25, 0.3) is 0 Å². The van der Waals surface area contributed by atoms with E-state index in [1.165, 1.54) is 0 Å². The summed E-state index contributed by atoms with van der Waals surface area (Å²) in [5.41, 5.74) is 4.10. The second kappa shape index (κ2) is 10.8. The van der Waals surface area contributed by atoms with Crippen molar-refractivity contribution >= 4 is 17.5 Å². The van der Waals surface area contributed by atoms with E-state index in [0.29, 0.717) is 0 Å². The normalized spacial score (nSPS) is 13.0. The van der Waals surface area contributed by atoms with E-state index in [9.17, 15) is 9.59 Å². The maximum Gasteiger partial charge on any atom is 0.238 e. The molecule has 2 amide bonds. The van der Waals surface area contributed by atoms with Gasteiger partial charge in [-0.25, -0.2) is 0 Å². The molecule has 0 aliphatic carbocycles. The monoisotopic (exact) mass is 395 g/mol. The fraction of sp³-hybridized carbons (Fsp3) is 0.417. The number of amides is 2.